The monoisotopic (exact) mass is 273 g/mol. The number of carbonyl (C=O) groups excluding carboxylic acids is 1. The minimum absolute atomic E-state index is 0.0428. The Morgan fingerprint density at radius 1 is 1.42 bits per heavy atom. The summed E-state index contributed by atoms with van der Waals surface area (Å²) in [4.78, 5) is 18.4. The summed E-state index contributed by atoms with van der Waals surface area (Å²) >= 11 is 1.66. The lowest BCUT2D eigenvalue weighted by molar-refractivity contribution is 0.0730. The smallest absolute Gasteiger partial charge is 0.255 e. The Bertz CT molecular complexity index is 561. The lowest BCUT2D eigenvalue weighted by Gasteiger charge is -2.22. The van der Waals surface area contributed by atoms with Gasteiger partial charge in [0.05, 0.1) is 5.56 Å². The average Bonchev–Trinajstić information content (AvgIpc) is 3.13. The van der Waals surface area contributed by atoms with Gasteiger partial charge in [0.2, 0.25) is 0 Å². The van der Waals surface area contributed by atoms with Gasteiger partial charge in [-0.3, -0.25) is 4.79 Å². The van der Waals surface area contributed by atoms with E-state index in [1.807, 2.05) is 10.3 Å². The third-order valence-electron chi connectivity index (χ3n) is 3.21. The highest BCUT2D eigenvalue weighted by Gasteiger charge is 2.33. The van der Waals surface area contributed by atoms with Gasteiger partial charge in [-0.2, -0.15) is 11.3 Å². The third kappa shape index (κ3) is 2.76. The van der Waals surface area contributed by atoms with E-state index < -0.39 is 0 Å². The van der Waals surface area contributed by atoms with Gasteiger partial charge in [0.15, 0.2) is 0 Å². The molecule has 0 aliphatic heterocycles. The molecule has 1 aliphatic carbocycles. The number of nitrogens with two attached hydrogens (primary N) is 1. The highest BCUT2D eigenvalue weighted by Crippen LogP contribution is 2.30. The molecule has 4 nitrogen and oxygen atoms in total. The van der Waals surface area contributed by atoms with E-state index >= 15 is 0 Å². The van der Waals surface area contributed by atoms with Crippen molar-refractivity contribution < 1.29 is 4.79 Å². The van der Waals surface area contributed by atoms with E-state index in [4.69, 9.17) is 5.73 Å². The zero-order chi connectivity index (χ0) is 13.2. The molecular formula is C14H15N3OS. The molecule has 2 N–H and O–H groups in total. The summed E-state index contributed by atoms with van der Waals surface area (Å²) in [5.74, 6) is 0.480. The number of pyridine rings is 1. The average molecular weight is 273 g/mol. The van der Waals surface area contributed by atoms with Gasteiger partial charge < -0.3 is 10.6 Å². The molecule has 0 bridgehead atoms. The van der Waals surface area contributed by atoms with E-state index in [0.717, 1.165) is 12.8 Å². The summed E-state index contributed by atoms with van der Waals surface area (Å²) in [5.41, 5.74) is 7.35. The largest absolute Gasteiger partial charge is 0.384 e. The molecule has 3 rings (SSSR count). The van der Waals surface area contributed by atoms with Crippen molar-refractivity contribution in [2.45, 2.75) is 25.4 Å². The SMILES string of the molecule is Nc1ccc(C(=O)N(Cc2ccsc2)C2CC2)cn1. The van der Waals surface area contributed by atoms with Crippen molar-refractivity contribution in [3.8, 4) is 0 Å². The summed E-state index contributed by atoms with van der Waals surface area (Å²) in [6.45, 7) is 0.678. The fourth-order valence-electron chi connectivity index (χ4n) is 2.03. The maximum atomic E-state index is 12.5. The molecule has 0 saturated heterocycles. The van der Waals surface area contributed by atoms with Crippen LogP contribution in [0.4, 0.5) is 5.82 Å². The first-order valence-corrected chi connectivity index (χ1v) is 7.22. The highest BCUT2D eigenvalue weighted by atomic mass is 32.1. The molecule has 0 spiro atoms. The van der Waals surface area contributed by atoms with Gasteiger partial charge in [0.1, 0.15) is 5.82 Å². The summed E-state index contributed by atoms with van der Waals surface area (Å²) in [5, 5.41) is 4.12. The Morgan fingerprint density at radius 2 is 2.26 bits per heavy atom. The predicted octanol–water partition coefficient (Wildman–Crippen LogP) is 2.53. The van der Waals surface area contributed by atoms with Gasteiger partial charge in [-0.15, -0.1) is 0 Å². The Hall–Kier alpha value is -1.88. The lowest BCUT2D eigenvalue weighted by Crippen LogP contribution is -2.32. The van der Waals surface area contributed by atoms with Crippen LogP contribution in [-0.2, 0) is 6.54 Å². The molecule has 1 fully saturated rings. The first-order valence-electron chi connectivity index (χ1n) is 6.27. The van der Waals surface area contributed by atoms with Crippen molar-refractivity contribution in [2.24, 2.45) is 0 Å². The minimum Gasteiger partial charge on any atom is -0.384 e. The lowest BCUT2D eigenvalue weighted by atomic mass is 10.2. The van der Waals surface area contributed by atoms with Gasteiger partial charge in [0, 0.05) is 18.8 Å². The van der Waals surface area contributed by atoms with Gasteiger partial charge in [-0.1, -0.05) is 0 Å². The second kappa shape index (κ2) is 5.01. The number of nitrogens with zero attached hydrogens (tertiary/aromatic N) is 2. The number of hydrogen-bond acceptors (Lipinski definition) is 4. The van der Waals surface area contributed by atoms with Crippen molar-refractivity contribution in [3.63, 3.8) is 0 Å². The normalized spacial score (nSPS) is 14.3. The van der Waals surface area contributed by atoms with E-state index in [0.29, 0.717) is 24.0 Å². The molecule has 0 radical (unpaired) electrons. The van der Waals surface area contributed by atoms with Crippen LogP contribution in [0.3, 0.4) is 0 Å². The first-order chi connectivity index (χ1) is 9.24. The number of thiophene rings is 1. The molecule has 2 heterocycles. The van der Waals surface area contributed by atoms with Crippen molar-refractivity contribution in [1.29, 1.82) is 0 Å². The van der Waals surface area contributed by atoms with Crippen LogP contribution in [-0.4, -0.2) is 21.8 Å². The van der Waals surface area contributed by atoms with Crippen LogP contribution >= 0.6 is 11.3 Å². The summed E-state index contributed by atoms with van der Waals surface area (Å²) < 4.78 is 0. The molecule has 0 aromatic carbocycles. The fourth-order valence-corrected chi connectivity index (χ4v) is 2.69. The van der Waals surface area contributed by atoms with Crippen LogP contribution in [0.25, 0.3) is 0 Å². The zero-order valence-corrected chi connectivity index (χ0v) is 11.3. The topological polar surface area (TPSA) is 59.2 Å². The fraction of sp³-hybridized carbons (Fsp3) is 0.286. The second-order valence-electron chi connectivity index (χ2n) is 4.77. The molecule has 0 atom stereocenters. The molecule has 0 unspecified atom stereocenters. The molecule has 2 aromatic rings. The molecule has 19 heavy (non-hydrogen) atoms. The molecule has 1 aliphatic rings. The van der Waals surface area contributed by atoms with Gasteiger partial charge >= 0.3 is 0 Å². The molecule has 98 valence electrons. The van der Waals surface area contributed by atoms with Gasteiger partial charge in [-0.05, 0) is 47.4 Å². The first kappa shape index (κ1) is 12.2. The summed E-state index contributed by atoms with van der Waals surface area (Å²) in [6, 6.07) is 5.86. The minimum atomic E-state index is 0.0428. The van der Waals surface area contributed by atoms with Gasteiger partial charge in [-0.25, -0.2) is 4.98 Å². The van der Waals surface area contributed by atoms with E-state index in [9.17, 15) is 4.79 Å². The van der Waals surface area contributed by atoms with Crippen LogP contribution in [0.1, 0.15) is 28.8 Å². The Labute approximate surface area is 115 Å². The number of amides is 1. The molecule has 1 saturated carbocycles. The number of carbonyl (C=O) groups is 1. The van der Waals surface area contributed by atoms with Crippen LogP contribution in [0.5, 0.6) is 0 Å². The molecule has 2 aromatic heterocycles. The number of rotatable bonds is 4. The van der Waals surface area contributed by atoms with Crippen LogP contribution in [0.2, 0.25) is 0 Å². The van der Waals surface area contributed by atoms with Crippen LogP contribution in [0.15, 0.2) is 35.2 Å². The zero-order valence-electron chi connectivity index (χ0n) is 10.5. The summed E-state index contributed by atoms with van der Waals surface area (Å²) in [7, 11) is 0. The maximum absolute atomic E-state index is 12.5. The van der Waals surface area contributed by atoms with Crippen LogP contribution in [0, 0.1) is 0 Å². The molecular weight excluding hydrogens is 258 g/mol. The van der Waals surface area contributed by atoms with Crippen molar-refractivity contribution in [1.82, 2.24) is 9.88 Å². The second-order valence-corrected chi connectivity index (χ2v) is 5.55. The number of anilines is 1. The Morgan fingerprint density at radius 3 is 2.84 bits per heavy atom. The number of hydrogen-bond donors (Lipinski definition) is 1. The summed E-state index contributed by atoms with van der Waals surface area (Å²) in [6.07, 6.45) is 3.75. The van der Waals surface area contributed by atoms with Gasteiger partial charge in [0.25, 0.3) is 5.91 Å². The van der Waals surface area contributed by atoms with E-state index in [1.54, 1.807) is 29.7 Å². The number of aromatic nitrogens is 1. The van der Waals surface area contributed by atoms with Crippen molar-refractivity contribution in [3.05, 3.63) is 46.3 Å². The van der Waals surface area contributed by atoms with E-state index in [-0.39, 0.29) is 5.91 Å². The Kier molecular flexibility index (Phi) is 3.21. The third-order valence-corrected chi connectivity index (χ3v) is 3.95. The van der Waals surface area contributed by atoms with E-state index in [2.05, 4.69) is 16.4 Å². The van der Waals surface area contributed by atoms with Crippen LogP contribution < -0.4 is 5.73 Å². The van der Waals surface area contributed by atoms with Crippen molar-refractivity contribution >= 4 is 23.1 Å². The highest BCUT2D eigenvalue weighted by molar-refractivity contribution is 7.07. The number of nitrogen functional groups attached to an aromatic ring is 1. The molecule has 1 amide bonds. The van der Waals surface area contributed by atoms with E-state index in [1.165, 1.54) is 5.56 Å². The standard InChI is InChI=1S/C14H15N3OS/c15-13-4-1-11(7-16-13)14(18)17(12-2-3-12)8-10-5-6-19-9-10/h1,4-7,9,12H,2-3,8H2,(H2,15,16). The maximum Gasteiger partial charge on any atom is 0.255 e. The quantitative estimate of drug-likeness (QED) is 0.931. The molecule has 5 heteroatoms. The Balaban J connectivity index is 1.79. The predicted molar refractivity (Wildman–Crippen MR) is 75.9 cm³/mol. The van der Waals surface area contributed by atoms with Crippen molar-refractivity contribution in [2.75, 3.05) is 5.73 Å².